The lowest BCUT2D eigenvalue weighted by molar-refractivity contribution is -0.113. The number of rotatable bonds is 4. The van der Waals surface area contributed by atoms with Gasteiger partial charge in [-0.2, -0.15) is 12.6 Å². The first-order valence-electron chi connectivity index (χ1n) is 4.34. The molecule has 0 radical (unpaired) electrons. The largest absolute Gasteiger partial charge is 0.493 e. The van der Waals surface area contributed by atoms with E-state index in [-0.39, 0.29) is 11.7 Å². The van der Waals surface area contributed by atoms with Gasteiger partial charge in [-0.1, -0.05) is 0 Å². The molecule has 0 atom stereocenters. The van der Waals surface area contributed by atoms with Gasteiger partial charge in [0.15, 0.2) is 11.5 Å². The molecule has 1 amide bonds. The molecule has 5 heteroatoms. The van der Waals surface area contributed by atoms with Crippen molar-refractivity contribution in [3.8, 4) is 11.5 Å². The van der Waals surface area contributed by atoms with Gasteiger partial charge in [0.05, 0.1) is 20.0 Å². The van der Waals surface area contributed by atoms with Gasteiger partial charge in [0.1, 0.15) is 0 Å². The third kappa shape index (κ3) is 3.06. The number of anilines is 1. The second kappa shape index (κ2) is 5.50. The van der Waals surface area contributed by atoms with Crippen LogP contribution in [-0.2, 0) is 4.79 Å². The highest BCUT2D eigenvalue weighted by molar-refractivity contribution is 7.81. The number of carbonyl (C=O) groups excluding carboxylic acids is 1. The van der Waals surface area contributed by atoms with Crippen molar-refractivity contribution in [1.29, 1.82) is 0 Å². The van der Waals surface area contributed by atoms with Crippen LogP contribution >= 0.6 is 12.6 Å². The smallest absolute Gasteiger partial charge is 0.234 e. The maximum Gasteiger partial charge on any atom is 0.234 e. The zero-order valence-electron chi connectivity index (χ0n) is 8.61. The Labute approximate surface area is 94.0 Å². The molecular formula is C10H13NO3S. The Kier molecular flexibility index (Phi) is 4.30. The molecule has 4 nitrogen and oxygen atoms in total. The molecule has 1 aromatic rings. The van der Waals surface area contributed by atoms with Gasteiger partial charge < -0.3 is 14.8 Å². The molecule has 1 aromatic carbocycles. The summed E-state index contributed by atoms with van der Waals surface area (Å²) in [5, 5.41) is 2.67. The Balaban J connectivity index is 2.88. The lowest BCUT2D eigenvalue weighted by Crippen LogP contribution is -2.12. The Morgan fingerprint density at radius 2 is 2.00 bits per heavy atom. The number of thiol groups is 1. The molecule has 0 aliphatic rings. The van der Waals surface area contributed by atoms with Gasteiger partial charge in [-0.05, 0) is 12.1 Å². The number of carbonyl (C=O) groups is 1. The van der Waals surface area contributed by atoms with Crippen molar-refractivity contribution >= 4 is 24.2 Å². The van der Waals surface area contributed by atoms with E-state index in [1.54, 1.807) is 32.4 Å². The van der Waals surface area contributed by atoms with Crippen molar-refractivity contribution in [2.45, 2.75) is 0 Å². The fraction of sp³-hybridized carbons (Fsp3) is 0.300. The molecule has 0 aliphatic heterocycles. The van der Waals surface area contributed by atoms with E-state index >= 15 is 0 Å². The third-order valence-electron chi connectivity index (χ3n) is 1.81. The Bertz CT molecular complexity index is 355. The van der Waals surface area contributed by atoms with E-state index in [0.29, 0.717) is 17.2 Å². The maximum atomic E-state index is 11.1. The minimum atomic E-state index is -0.162. The standard InChI is InChI=1S/C10H13NO3S/c1-13-8-4-3-7(5-9(8)14-2)11-10(12)6-15/h3-5,15H,6H2,1-2H3,(H,11,12). The Morgan fingerprint density at radius 1 is 1.33 bits per heavy atom. The molecule has 0 heterocycles. The van der Waals surface area contributed by atoms with Crippen molar-refractivity contribution in [3.05, 3.63) is 18.2 Å². The van der Waals surface area contributed by atoms with Gasteiger partial charge in [0, 0.05) is 11.8 Å². The molecule has 15 heavy (non-hydrogen) atoms. The van der Waals surface area contributed by atoms with Crippen molar-refractivity contribution in [2.24, 2.45) is 0 Å². The zero-order valence-corrected chi connectivity index (χ0v) is 9.51. The van der Waals surface area contributed by atoms with E-state index in [1.165, 1.54) is 0 Å². The lowest BCUT2D eigenvalue weighted by atomic mass is 10.2. The van der Waals surface area contributed by atoms with Crippen LogP contribution in [0.25, 0.3) is 0 Å². The van der Waals surface area contributed by atoms with Crippen LogP contribution in [0.5, 0.6) is 11.5 Å². The Hall–Kier alpha value is -1.36. The normalized spacial score (nSPS) is 9.53. The fourth-order valence-corrected chi connectivity index (χ4v) is 1.19. The van der Waals surface area contributed by atoms with Crippen LogP contribution in [0, 0.1) is 0 Å². The van der Waals surface area contributed by atoms with Crippen molar-refractivity contribution in [2.75, 3.05) is 25.3 Å². The quantitative estimate of drug-likeness (QED) is 0.768. The van der Waals surface area contributed by atoms with Crippen LogP contribution < -0.4 is 14.8 Å². The molecule has 1 rings (SSSR count). The first-order chi connectivity index (χ1) is 7.21. The molecule has 82 valence electrons. The molecule has 0 spiro atoms. The molecule has 0 aromatic heterocycles. The van der Waals surface area contributed by atoms with Crippen LogP contribution in [0.15, 0.2) is 18.2 Å². The summed E-state index contributed by atoms with van der Waals surface area (Å²) >= 11 is 3.87. The zero-order chi connectivity index (χ0) is 11.3. The van der Waals surface area contributed by atoms with Crippen LogP contribution in [0.3, 0.4) is 0 Å². The molecule has 0 aliphatic carbocycles. The number of ether oxygens (including phenoxy) is 2. The summed E-state index contributed by atoms with van der Waals surface area (Å²) in [6, 6.07) is 5.16. The lowest BCUT2D eigenvalue weighted by Gasteiger charge is -2.09. The summed E-state index contributed by atoms with van der Waals surface area (Å²) in [6.07, 6.45) is 0. The monoisotopic (exact) mass is 227 g/mol. The summed E-state index contributed by atoms with van der Waals surface area (Å²) < 4.78 is 10.2. The number of hydrogen-bond donors (Lipinski definition) is 2. The molecule has 0 unspecified atom stereocenters. The van der Waals surface area contributed by atoms with Crippen LogP contribution in [0.1, 0.15) is 0 Å². The number of nitrogens with one attached hydrogen (secondary N) is 1. The number of methoxy groups -OCH3 is 2. The van der Waals surface area contributed by atoms with E-state index in [4.69, 9.17) is 9.47 Å². The molecule has 0 fully saturated rings. The summed E-state index contributed by atoms with van der Waals surface area (Å²) in [4.78, 5) is 11.1. The molecule has 0 saturated heterocycles. The van der Waals surface area contributed by atoms with Gasteiger partial charge >= 0.3 is 0 Å². The average molecular weight is 227 g/mol. The predicted molar refractivity (Wildman–Crippen MR) is 62.0 cm³/mol. The van der Waals surface area contributed by atoms with Crippen molar-refractivity contribution in [1.82, 2.24) is 0 Å². The van der Waals surface area contributed by atoms with E-state index in [9.17, 15) is 4.79 Å². The minimum Gasteiger partial charge on any atom is -0.493 e. The highest BCUT2D eigenvalue weighted by Gasteiger charge is 2.05. The van der Waals surface area contributed by atoms with Crippen LogP contribution in [0.2, 0.25) is 0 Å². The fourth-order valence-electron chi connectivity index (χ4n) is 1.11. The van der Waals surface area contributed by atoms with E-state index < -0.39 is 0 Å². The summed E-state index contributed by atoms with van der Waals surface area (Å²) in [5.74, 6) is 1.19. The SMILES string of the molecule is COc1ccc(NC(=O)CS)cc1OC. The van der Waals surface area contributed by atoms with Crippen molar-refractivity contribution < 1.29 is 14.3 Å². The topological polar surface area (TPSA) is 47.6 Å². The predicted octanol–water partition coefficient (Wildman–Crippen LogP) is 1.57. The number of amides is 1. The molecular weight excluding hydrogens is 214 g/mol. The first-order valence-corrected chi connectivity index (χ1v) is 4.97. The van der Waals surface area contributed by atoms with E-state index in [0.717, 1.165) is 0 Å². The molecule has 0 bridgehead atoms. The van der Waals surface area contributed by atoms with Gasteiger partial charge in [-0.25, -0.2) is 0 Å². The van der Waals surface area contributed by atoms with Gasteiger partial charge in [-0.3, -0.25) is 4.79 Å². The summed E-state index contributed by atoms with van der Waals surface area (Å²) in [6.45, 7) is 0. The highest BCUT2D eigenvalue weighted by atomic mass is 32.1. The maximum absolute atomic E-state index is 11.1. The summed E-state index contributed by atoms with van der Waals surface area (Å²) in [5.41, 5.74) is 0.659. The van der Waals surface area contributed by atoms with Gasteiger partial charge in [0.25, 0.3) is 0 Å². The average Bonchev–Trinajstić information content (AvgIpc) is 2.28. The van der Waals surface area contributed by atoms with Crippen LogP contribution in [-0.4, -0.2) is 25.9 Å². The highest BCUT2D eigenvalue weighted by Crippen LogP contribution is 2.29. The van der Waals surface area contributed by atoms with Crippen LogP contribution in [0.4, 0.5) is 5.69 Å². The number of benzene rings is 1. The van der Waals surface area contributed by atoms with Crippen molar-refractivity contribution in [3.63, 3.8) is 0 Å². The second-order valence-corrected chi connectivity index (χ2v) is 3.09. The second-order valence-electron chi connectivity index (χ2n) is 2.78. The van der Waals surface area contributed by atoms with E-state index in [1.807, 2.05) is 0 Å². The van der Waals surface area contributed by atoms with Gasteiger partial charge in [0.2, 0.25) is 5.91 Å². The van der Waals surface area contributed by atoms with E-state index in [2.05, 4.69) is 17.9 Å². The Morgan fingerprint density at radius 3 is 2.53 bits per heavy atom. The first kappa shape index (κ1) is 11.7. The third-order valence-corrected chi connectivity index (χ3v) is 2.10. The number of hydrogen-bond acceptors (Lipinski definition) is 4. The molecule has 1 N–H and O–H groups in total. The van der Waals surface area contributed by atoms with Gasteiger partial charge in [-0.15, -0.1) is 0 Å². The summed E-state index contributed by atoms with van der Waals surface area (Å²) in [7, 11) is 3.10. The molecule has 0 saturated carbocycles. The minimum absolute atomic E-state index is 0.147.